The van der Waals surface area contributed by atoms with Crippen molar-refractivity contribution < 1.29 is 14.3 Å². The van der Waals surface area contributed by atoms with E-state index in [-0.39, 0.29) is 12.0 Å². The van der Waals surface area contributed by atoms with Crippen LogP contribution in [0.4, 0.5) is 0 Å². The molecule has 0 spiro atoms. The Morgan fingerprint density at radius 2 is 1.88 bits per heavy atom. The number of halogens is 1. The number of benzene rings is 2. The fourth-order valence-corrected chi connectivity index (χ4v) is 2.29. The first-order valence-electron chi connectivity index (χ1n) is 8.03. The maximum atomic E-state index is 11.9. The summed E-state index contributed by atoms with van der Waals surface area (Å²) >= 11 is 5.84. The minimum Gasteiger partial charge on any atom is -0.493 e. The number of ether oxygens (including phenoxy) is 2. The minimum absolute atomic E-state index is 0.0638. The van der Waals surface area contributed by atoms with E-state index in [2.05, 4.69) is 5.32 Å². The lowest BCUT2D eigenvalue weighted by atomic mass is 10.2. The van der Waals surface area contributed by atoms with E-state index in [9.17, 15) is 4.79 Å². The minimum atomic E-state index is -0.170. The molecule has 0 fully saturated rings. The highest BCUT2D eigenvalue weighted by atomic mass is 35.5. The molecule has 0 saturated heterocycles. The van der Waals surface area contributed by atoms with E-state index in [0.29, 0.717) is 23.1 Å². The van der Waals surface area contributed by atoms with Crippen molar-refractivity contribution in [2.75, 3.05) is 7.11 Å². The van der Waals surface area contributed by atoms with Gasteiger partial charge in [0, 0.05) is 17.6 Å². The van der Waals surface area contributed by atoms with Crippen LogP contribution >= 0.6 is 11.6 Å². The number of hydrogen-bond donors (Lipinski definition) is 1. The summed E-state index contributed by atoms with van der Waals surface area (Å²) in [6.45, 7) is 4.36. The van der Waals surface area contributed by atoms with Crippen LogP contribution in [0.2, 0.25) is 5.02 Å². The zero-order valence-corrected chi connectivity index (χ0v) is 15.3. The van der Waals surface area contributed by atoms with Crippen molar-refractivity contribution in [3.8, 4) is 11.5 Å². The highest BCUT2D eigenvalue weighted by Gasteiger charge is 2.06. The van der Waals surface area contributed by atoms with E-state index in [1.807, 2.05) is 44.2 Å². The molecule has 0 radical (unpaired) electrons. The zero-order valence-electron chi connectivity index (χ0n) is 14.6. The van der Waals surface area contributed by atoms with Gasteiger partial charge in [0.15, 0.2) is 11.5 Å². The topological polar surface area (TPSA) is 47.6 Å². The highest BCUT2D eigenvalue weighted by Crippen LogP contribution is 2.29. The molecule has 2 rings (SSSR count). The van der Waals surface area contributed by atoms with Gasteiger partial charge in [0.2, 0.25) is 5.91 Å². The normalized spacial score (nSPS) is 10.9. The fourth-order valence-electron chi connectivity index (χ4n) is 2.16. The van der Waals surface area contributed by atoms with Gasteiger partial charge in [0.1, 0.15) is 0 Å². The molecule has 0 heterocycles. The average Bonchev–Trinajstić information content (AvgIpc) is 2.60. The number of methoxy groups -OCH3 is 1. The number of hydrogen-bond acceptors (Lipinski definition) is 3. The summed E-state index contributed by atoms with van der Waals surface area (Å²) in [4.78, 5) is 11.9. The monoisotopic (exact) mass is 359 g/mol. The first-order valence-corrected chi connectivity index (χ1v) is 8.41. The molecule has 132 valence electrons. The molecule has 4 nitrogen and oxygen atoms in total. The molecule has 2 aromatic carbocycles. The van der Waals surface area contributed by atoms with Crippen LogP contribution < -0.4 is 14.8 Å². The smallest absolute Gasteiger partial charge is 0.244 e. The van der Waals surface area contributed by atoms with Gasteiger partial charge in [-0.1, -0.05) is 29.8 Å². The van der Waals surface area contributed by atoms with Gasteiger partial charge in [0.25, 0.3) is 0 Å². The van der Waals surface area contributed by atoms with Crippen molar-refractivity contribution in [1.82, 2.24) is 5.32 Å². The number of amides is 1. The molecule has 0 aliphatic carbocycles. The van der Waals surface area contributed by atoms with Crippen LogP contribution in [0.3, 0.4) is 0 Å². The molecule has 0 saturated carbocycles. The van der Waals surface area contributed by atoms with Crippen molar-refractivity contribution in [2.45, 2.75) is 26.5 Å². The van der Waals surface area contributed by atoms with E-state index in [4.69, 9.17) is 21.1 Å². The fraction of sp³-hybridized carbons (Fsp3) is 0.250. The van der Waals surface area contributed by atoms with Gasteiger partial charge in [-0.05, 0) is 55.3 Å². The molecular formula is C20H22ClNO3. The number of rotatable bonds is 7. The standard InChI is InChI=1S/C20H22ClNO3/c1-14(2)25-18-10-6-15(12-19(18)24-3)7-11-20(23)22-13-16-4-8-17(21)9-5-16/h4-12,14H,13H2,1-3H3,(H,22,23)/b11-7+. The predicted molar refractivity (Wildman–Crippen MR) is 101 cm³/mol. The maximum absolute atomic E-state index is 11.9. The van der Waals surface area contributed by atoms with Crippen LogP contribution in [0.15, 0.2) is 48.5 Å². The van der Waals surface area contributed by atoms with E-state index in [0.717, 1.165) is 11.1 Å². The SMILES string of the molecule is COc1cc(/C=C/C(=O)NCc2ccc(Cl)cc2)ccc1OC(C)C. The summed E-state index contributed by atoms with van der Waals surface area (Å²) in [5.41, 5.74) is 1.85. The van der Waals surface area contributed by atoms with E-state index in [1.54, 1.807) is 25.3 Å². The van der Waals surface area contributed by atoms with Crippen molar-refractivity contribution in [3.05, 3.63) is 64.7 Å². The average molecular weight is 360 g/mol. The van der Waals surface area contributed by atoms with Crippen molar-refractivity contribution in [2.24, 2.45) is 0 Å². The molecule has 2 aromatic rings. The van der Waals surface area contributed by atoms with Crippen molar-refractivity contribution in [3.63, 3.8) is 0 Å². The van der Waals surface area contributed by atoms with Crippen LogP contribution in [-0.4, -0.2) is 19.1 Å². The summed E-state index contributed by atoms with van der Waals surface area (Å²) in [5, 5.41) is 3.50. The van der Waals surface area contributed by atoms with Gasteiger partial charge >= 0.3 is 0 Å². The van der Waals surface area contributed by atoms with Gasteiger partial charge < -0.3 is 14.8 Å². The highest BCUT2D eigenvalue weighted by molar-refractivity contribution is 6.30. The number of carbonyl (C=O) groups excluding carboxylic acids is 1. The Morgan fingerprint density at radius 1 is 1.16 bits per heavy atom. The van der Waals surface area contributed by atoms with Crippen LogP contribution in [0.1, 0.15) is 25.0 Å². The summed E-state index contributed by atoms with van der Waals surface area (Å²) < 4.78 is 11.0. The van der Waals surface area contributed by atoms with Crippen LogP contribution in [0, 0.1) is 0 Å². The first-order chi connectivity index (χ1) is 12.0. The van der Waals surface area contributed by atoms with Gasteiger partial charge in [-0.2, -0.15) is 0 Å². The van der Waals surface area contributed by atoms with E-state index >= 15 is 0 Å². The predicted octanol–water partition coefficient (Wildman–Crippen LogP) is 4.47. The third-order valence-corrected chi connectivity index (χ3v) is 3.61. The van der Waals surface area contributed by atoms with Crippen LogP contribution in [-0.2, 0) is 11.3 Å². The Morgan fingerprint density at radius 3 is 2.52 bits per heavy atom. The van der Waals surface area contributed by atoms with Gasteiger partial charge in [-0.15, -0.1) is 0 Å². The number of carbonyl (C=O) groups is 1. The third kappa shape index (κ3) is 6.16. The van der Waals surface area contributed by atoms with E-state index < -0.39 is 0 Å². The summed E-state index contributed by atoms with van der Waals surface area (Å²) in [7, 11) is 1.59. The largest absolute Gasteiger partial charge is 0.493 e. The Bertz CT molecular complexity index is 739. The molecule has 0 aliphatic heterocycles. The van der Waals surface area contributed by atoms with Crippen molar-refractivity contribution >= 4 is 23.6 Å². The van der Waals surface area contributed by atoms with E-state index in [1.165, 1.54) is 6.08 Å². The molecule has 0 aliphatic rings. The summed E-state index contributed by atoms with van der Waals surface area (Å²) in [5.74, 6) is 1.15. The molecule has 1 N–H and O–H groups in total. The Balaban J connectivity index is 1.95. The first kappa shape index (κ1) is 18.9. The molecule has 25 heavy (non-hydrogen) atoms. The van der Waals surface area contributed by atoms with Gasteiger partial charge in [-0.25, -0.2) is 0 Å². The lowest BCUT2D eigenvalue weighted by molar-refractivity contribution is -0.116. The van der Waals surface area contributed by atoms with Crippen molar-refractivity contribution in [1.29, 1.82) is 0 Å². The Labute approximate surface area is 153 Å². The molecule has 0 atom stereocenters. The third-order valence-electron chi connectivity index (χ3n) is 3.36. The van der Waals surface area contributed by atoms with Gasteiger partial charge in [-0.3, -0.25) is 4.79 Å². The summed E-state index contributed by atoms with van der Waals surface area (Å²) in [6.07, 6.45) is 3.29. The summed E-state index contributed by atoms with van der Waals surface area (Å²) in [6, 6.07) is 12.9. The maximum Gasteiger partial charge on any atom is 0.244 e. The van der Waals surface area contributed by atoms with Crippen LogP contribution in [0.25, 0.3) is 6.08 Å². The number of nitrogens with one attached hydrogen (secondary N) is 1. The lowest BCUT2D eigenvalue weighted by Gasteiger charge is -2.13. The molecule has 0 unspecified atom stereocenters. The second-order valence-corrected chi connectivity index (χ2v) is 6.19. The van der Waals surface area contributed by atoms with Gasteiger partial charge in [0.05, 0.1) is 13.2 Å². The Kier molecular flexibility index (Phi) is 6.90. The van der Waals surface area contributed by atoms with Crippen LogP contribution in [0.5, 0.6) is 11.5 Å². The molecular weight excluding hydrogens is 338 g/mol. The lowest BCUT2D eigenvalue weighted by Crippen LogP contribution is -2.20. The molecule has 0 bridgehead atoms. The second kappa shape index (κ2) is 9.14. The zero-order chi connectivity index (χ0) is 18.2. The molecule has 0 aromatic heterocycles. The quantitative estimate of drug-likeness (QED) is 0.742. The second-order valence-electron chi connectivity index (χ2n) is 5.75. The molecule has 5 heteroatoms. The Hall–Kier alpha value is -2.46. The molecule has 1 amide bonds.